The van der Waals surface area contributed by atoms with E-state index in [4.69, 9.17) is 0 Å². The lowest BCUT2D eigenvalue weighted by molar-refractivity contribution is -0.136. The molecule has 78 valence electrons. The summed E-state index contributed by atoms with van der Waals surface area (Å²) in [5.41, 5.74) is -0.466. The monoisotopic (exact) mass is 194 g/mol. The summed E-state index contributed by atoms with van der Waals surface area (Å²) >= 11 is 0. The highest BCUT2D eigenvalue weighted by Gasteiger charge is 2.45. The van der Waals surface area contributed by atoms with Gasteiger partial charge >= 0.3 is 0 Å². The Hall–Kier alpha value is -0.920. The highest BCUT2D eigenvalue weighted by molar-refractivity contribution is 6.08. The van der Waals surface area contributed by atoms with Crippen molar-refractivity contribution < 1.29 is 9.59 Å². The molecule has 0 amide bonds. The van der Waals surface area contributed by atoms with Crippen molar-refractivity contribution >= 4 is 11.6 Å². The minimum Gasteiger partial charge on any atom is -0.295 e. The van der Waals surface area contributed by atoms with Gasteiger partial charge in [-0.05, 0) is 24.0 Å². The molecule has 1 rings (SSSR count). The molecular formula is C12H18O2. The minimum absolute atomic E-state index is 0.0759. The van der Waals surface area contributed by atoms with Crippen LogP contribution in [0.25, 0.3) is 0 Å². The van der Waals surface area contributed by atoms with Crippen molar-refractivity contribution in [2.75, 3.05) is 0 Å². The van der Waals surface area contributed by atoms with Gasteiger partial charge in [-0.25, -0.2) is 0 Å². The second-order valence-electron chi connectivity index (χ2n) is 4.69. The van der Waals surface area contributed by atoms with Crippen LogP contribution in [-0.2, 0) is 9.59 Å². The number of hydrogen-bond donors (Lipinski definition) is 0. The molecule has 1 aliphatic carbocycles. The van der Waals surface area contributed by atoms with Crippen LogP contribution < -0.4 is 0 Å². The van der Waals surface area contributed by atoms with Crippen LogP contribution in [0.5, 0.6) is 0 Å². The van der Waals surface area contributed by atoms with E-state index in [1.54, 1.807) is 0 Å². The van der Waals surface area contributed by atoms with Crippen LogP contribution in [0.4, 0.5) is 0 Å². The molecule has 14 heavy (non-hydrogen) atoms. The molecule has 0 atom stereocenters. The number of carbonyl (C=O) groups excluding carboxylic acids is 2. The van der Waals surface area contributed by atoms with Crippen molar-refractivity contribution in [3.05, 3.63) is 12.2 Å². The van der Waals surface area contributed by atoms with Gasteiger partial charge in [0.2, 0.25) is 0 Å². The van der Waals surface area contributed by atoms with E-state index in [2.05, 4.69) is 0 Å². The molecule has 0 fully saturated rings. The first-order valence-electron chi connectivity index (χ1n) is 5.16. The van der Waals surface area contributed by atoms with Gasteiger partial charge in [-0.1, -0.05) is 27.7 Å². The molecule has 0 aromatic heterocycles. The zero-order valence-electron chi connectivity index (χ0n) is 9.33. The lowest BCUT2D eigenvalue weighted by Crippen LogP contribution is -2.44. The molecule has 0 saturated heterocycles. The van der Waals surface area contributed by atoms with Crippen LogP contribution >= 0.6 is 0 Å². The van der Waals surface area contributed by atoms with E-state index >= 15 is 0 Å². The predicted octanol–water partition coefficient (Wildman–Crippen LogP) is 2.38. The van der Waals surface area contributed by atoms with Crippen molar-refractivity contribution in [3.63, 3.8) is 0 Å². The normalized spacial score (nSPS) is 21.0. The standard InChI is InChI=1S/C12H18O2/c1-8(2)12(9(3)4)7-10(13)5-6-11(12)14/h5-6,8-9H,7H2,1-4H3. The zero-order chi connectivity index (χ0) is 10.9. The van der Waals surface area contributed by atoms with Gasteiger partial charge in [0.25, 0.3) is 0 Å². The highest BCUT2D eigenvalue weighted by Crippen LogP contribution is 2.42. The Labute approximate surface area is 85.4 Å². The Balaban J connectivity index is 3.16. The van der Waals surface area contributed by atoms with E-state index in [0.29, 0.717) is 6.42 Å². The van der Waals surface area contributed by atoms with Crippen LogP contribution in [0.3, 0.4) is 0 Å². The summed E-state index contributed by atoms with van der Waals surface area (Å²) in [5.74, 6) is 0.613. The Morgan fingerprint density at radius 3 is 1.93 bits per heavy atom. The third kappa shape index (κ3) is 1.54. The third-order valence-corrected chi connectivity index (χ3v) is 3.41. The second kappa shape index (κ2) is 3.68. The number of rotatable bonds is 2. The van der Waals surface area contributed by atoms with Crippen LogP contribution in [0.1, 0.15) is 34.1 Å². The molecule has 0 aliphatic heterocycles. The Morgan fingerprint density at radius 1 is 1.07 bits per heavy atom. The maximum Gasteiger partial charge on any atom is 0.162 e. The Morgan fingerprint density at radius 2 is 1.57 bits per heavy atom. The van der Waals surface area contributed by atoms with Crippen LogP contribution in [-0.4, -0.2) is 11.6 Å². The van der Waals surface area contributed by atoms with Gasteiger partial charge in [0, 0.05) is 11.8 Å². The van der Waals surface area contributed by atoms with E-state index in [1.807, 2.05) is 27.7 Å². The fraction of sp³-hybridized carbons (Fsp3) is 0.667. The molecule has 0 spiro atoms. The molecule has 2 heteroatoms. The molecule has 0 unspecified atom stereocenters. The average molecular weight is 194 g/mol. The summed E-state index contributed by atoms with van der Waals surface area (Å²) in [4.78, 5) is 23.3. The number of ketones is 2. The summed E-state index contributed by atoms with van der Waals surface area (Å²) in [6.45, 7) is 8.07. The first-order valence-corrected chi connectivity index (χ1v) is 5.16. The molecular weight excluding hydrogens is 176 g/mol. The number of hydrogen-bond acceptors (Lipinski definition) is 2. The lowest BCUT2D eigenvalue weighted by atomic mass is 9.61. The van der Waals surface area contributed by atoms with E-state index in [-0.39, 0.29) is 23.4 Å². The van der Waals surface area contributed by atoms with Gasteiger partial charge in [0.1, 0.15) is 0 Å². The summed E-state index contributed by atoms with van der Waals surface area (Å²) in [6.07, 6.45) is 3.23. The highest BCUT2D eigenvalue weighted by atomic mass is 16.1. The maximum atomic E-state index is 11.9. The summed E-state index contributed by atoms with van der Waals surface area (Å²) in [5, 5.41) is 0. The maximum absolute atomic E-state index is 11.9. The molecule has 0 bridgehead atoms. The van der Waals surface area contributed by atoms with E-state index in [9.17, 15) is 9.59 Å². The molecule has 0 aromatic rings. The average Bonchev–Trinajstić information content (AvgIpc) is 2.08. The Kier molecular flexibility index (Phi) is 2.93. The van der Waals surface area contributed by atoms with Crippen LogP contribution in [0, 0.1) is 17.3 Å². The summed E-state index contributed by atoms with van der Waals surface area (Å²) in [7, 11) is 0. The van der Waals surface area contributed by atoms with Gasteiger partial charge in [-0.3, -0.25) is 9.59 Å². The van der Waals surface area contributed by atoms with Gasteiger partial charge in [0.15, 0.2) is 11.6 Å². The number of allylic oxidation sites excluding steroid dienone is 2. The largest absolute Gasteiger partial charge is 0.295 e. The summed E-state index contributed by atoms with van der Waals surface area (Å²) < 4.78 is 0. The lowest BCUT2D eigenvalue weighted by Gasteiger charge is -2.40. The second-order valence-corrected chi connectivity index (χ2v) is 4.69. The third-order valence-electron chi connectivity index (χ3n) is 3.41. The van der Waals surface area contributed by atoms with Gasteiger partial charge in [-0.15, -0.1) is 0 Å². The predicted molar refractivity (Wildman–Crippen MR) is 55.9 cm³/mol. The Bertz CT molecular complexity index is 277. The van der Waals surface area contributed by atoms with Crippen molar-refractivity contribution in [2.24, 2.45) is 17.3 Å². The fourth-order valence-corrected chi connectivity index (χ4v) is 2.40. The molecule has 0 N–H and O–H groups in total. The molecule has 2 nitrogen and oxygen atoms in total. The quantitative estimate of drug-likeness (QED) is 0.676. The first-order chi connectivity index (χ1) is 6.41. The van der Waals surface area contributed by atoms with Gasteiger partial charge in [0.05, 0.1) is 0 Å². The minimum atomic E-state index is -0.466. The first kappa shape index (κ1) is 11.2. The van der Waals surface area contributed by atoms with Crippen molar-refractivity contribution in [3.8, 4) is 0 Å². The van der Waals surface area contributed by atoms with Crippen LogP contribution in [0.15, 0.2) is 12.2 Å². The molecule has 0 aromatic carbocycles. The molecule has 0 saturated carbocycles. The van der Waals surface area contributed by atoms with Gasteiger partial charge in [-0.2, -0.15) is 0 Å². The van der Waals surface area contributed by atoms with Crippen molar-refractivity contribution in [2.45, 2.75) is 34.1 Å². The fourth-order valence-electron chi connectivity index (χ4n) is 2.40. The summed E-state index contributed by atoms with van der Waals surface area (Å²) in [6, 6.07) is 0. The van der Waals surface area contributed by atoms with Crippen molar-refractivity contribution in [1.82, 2.24) is 0 Å². The molecule has 0 radical (unpaired) electrons. The molecule has 1 aliphatic rings. The van der Waals surface area contributed by atoms with Gasteiger partial charge < -0.3 is 0 Å². The van der Waals surface area contributed by atoms with E-state index in [1.165, 1.54) is 12.2 Å². The van der Waals surface area contributed by atoms with E-state index in [0.717, 1.165) is 0 Å². The molecule has 0 heterocycles. The van der Waals surface area contributed by atoms with E-state index < -0.39 is 5.41 Å². The zero-order valence-corrected chi connectivity index (χ0v) is 9.33. The number of carbonyl (C=O) groups is 2. The topological polar surface area (TPSA) is 34.1 Å². The smallest absolute Gasteiger partial charge is 0.162 e. The van der Waals surface area contributed by atoms with Crippen molar-refractivity contribution in [1.29, 1.82) is 0 Å². The van der Waals surface area contributed by atoms with Crippen LogP contribution in [0.2, 0.25) is 0 Å². The SMILES string of the molecule is CC(C)C1(C(C)C)CC(=O)C=CC1=O.